The fraction of sp³-hybridized carbons (Fsp3) is 0.231. The van der Waals surface area contributed by atoms with Gasteiger partial charge < -0.3 is 10.6 Å². The Balaban J connectivity index is 1.74. The molecule has 0 fully saturated rings. The molecule has 2 N–H and O–H groups in total. The Kier molecular flexibility index (Phi) is 2.73. The second kappa shape index (κ2) is 4.37. The van der Waals surface area contributed by atoms with E-state index < -0.39 is 0 Å². The molecule has 88 valence electrons. The maximum Gasteiger partial charge on any atom is 0.126 e. The van der Waals surface area contributed by atoms with Gasteiger partial charge >= 0.3 is 0 Å². The van der Waals surface area contributed by atoms with Crippen LogP contribution in [0.1, 0.15) is 5.56 Å². The molecular formula is C13H13FN2S. The zero-order chi connectivity index (χ0) is 11.7. The van der Waals surface area contributed by atoms with Gasteiger partial charge in [0.1, 0.15) is 5.82 Å². The molecule has 3 rings (SSSR count). The van der Waals surface area contributed by atoms with Gasteiger partial charge in [0.25, 0.3) is 0 Å². The van der Waals surface area contributed by atoms with Gasteiger partial charge in [0.2, 0.25) is 0 Å². The summed E-state index contributed by atoms with van der Waals surface area (Å²) in [7, 11) is 0. The average Bonchev–Trinajstić information content (AvgIpc) is 2.79. The highest BCUT2D eigenvalue weighted by molar-refractivity contribution is 7.09. The smallest absolute Gasteiger partial charge is 0.126 e. The Labute approximate surface area is 103 Å². The van der Waals surface area contributed by atoms with Crippen molar-refractivity contribution < 1.29 is 4.39 Å². The van der Waals surface area contributed by atoms with Gasteiger partial charge in [-0.1, -0.05) is 18.2 Å². The number of nitrogens with one attached hydrogen (secondary N) is 2. The third-order valence-electron chi connectivity index (χ3n) is 2.98. The van der Waals surface area contributed by atoms with Crippen LogP contribution in [-0.4, -0.2) is 12.6 Å². The van der Waals surface area contributed by atoms with Crippen LogP contribution in [0.4, 0.5) is 15.8 Å². The van der Waals surface area contributed by atoms with Crippen molar-refractivity contribution in [3.8, 4) is 0 Å². The maximum atomic E-state index is 13.5. The van der Waals surface area contributed by atoms with E-state index >= 15 is 0 Å². The first-order chi connectivity index (χ1) is 8.33. The lowest BCUT2D eigenvalue weighted by molar-refractivity contribution is 0.597. The van der Waals surface area contributed by atoms with E-state index in [9.17, 15) is 4.39 Å². The lowest BCUT2D eigenvalue weighted by Gasteiger charge is -2.26. The van der Waals surface area contributed by atoms with Crippen LogP contribution in [0, 0.1) is 5.82 Å². The molecule has 1 atom stereocenters. The minimum Gasteiger partial charge on any atom is -0.381 e. The highest BCUT2D eigenvalue weighted by Crippen LogP contribution is 2.30. The van der Waals surface area contributed by atoms with Crippen molar-refractivity contribution in [1.29, 1.82) is 0 Å². The molecule has 2 aromatic rings. The van der Waals surface area contributed by atoms with Gasteiger partial charge in [0.15, 0.2) is 0 Å². The maximum absolute atomic E-state index is 13.5. The molecule has 0 amide bonds. The summed E-state index contributed by atoms with van der Waals surface area (Å²) < 4.78 is 13.5. The molecule has 17 heavy (non-hydrogen) atoms. The van der Waals surface area contributed by atoms with E-state index in [0.29, 0.717) is 6.42 Å². The molecule has 1 aromatic carbocycles. The van der Waals surface area contributed by atoms with Gasteiger partial charge in [-0.25, -0.2) is 4.39 Å². The lowest BCUT2D eigenvalue weighted by Crippen LogP contribution is -2.34. The zero-order valence-corrected chi connectivity index (χ0v) is 10.1. The van der Waals surface area contributed by atoms with Crippen LogP contribution in [0.25, 0.3) is 0 Å². The molecule has 1 aliphatic heterocycles. The SMILES string of the molecule is Fc1ccccc1CC1CNc2cscc2N1. The number of anilines is 2. The molecular weight excluding hydrogens is 235 g/mol. The van der Waals surface area contributed by atoms with Crippen molar-refractivity contribution in [2.75, 3.05) is 17.2 Å². The summed E-state index contributed by atoms with van der Waals surface area (Å²) >= 11 is 1.67. The first-order valence-corrected chi connectivity index (χ1v) is 6.57. The van der Waals surface area contributed by atoms with Crippen LogP contribution in [0.3, 0.4) is 0 Å². The Bertz CT molecular complexity index is 524. The molecule has 2 heterocycles. The normalized spacial score (nSPS) is 18.1. The van der Waals surface area contributed by atoms with Gasteiger partial charge in [-0.05, 0) is 18.1 Å². The van der Waals surface area contributed by atoms with Crippen molar-refractivity contribution >= 4 is 22.7 Å². The van der Waals surface area contributed by atoms with E-state index in [1.165, 1.54) is 6.07 Å². The molecule has 0 bridgehead atoms. The van der Waals surface area contributed by atoms with E-state index in [4.69, 9.17) is 0 Å². The number of thiophene rings is 1. The monoisotopic (exact) mass is 248 g/mol. The Morgan fingerprint density at radius 2 is 2.06 bits per heavy atom. The van der Waals surface area contributed by atoms with Crippen LogP contribution in [0.2, 0.25) is 0 Å². The van der Waals surface area contributed by atoms with Crippen LogP contribution < -0.4 is 10.6 Å². The van der Waals surface area contributed by atoms with Crippen LogP contribution in [0.5, 0.6) is 0 Å². The average molecular weight is 248 g/mol. The predicted octanol–water partition coefficient (Wildman–Crippen LogP) is 3.34. The van der Waals surface area contributed by atoms with Gasteiger partial charge in [-0.2, -0.15) is 0 Å². The first-order valence-electron chi connectivity index (χ1n) is 5.63. The number of halogens is 1. The quantitative estimate of drug-likeness (QED) is 0.851. The molecule has 0 saturated heterocycles. The fourth-order valence-corrected chi connectivity index (χ4v) is 2.85. The van der Waals surface area contributed by atoms with E-state index in [-0.39, 0.29) is 11.9 Å². The van der Waals surface area contributed by atoms with Crippen molar-refractivity contribution in [2.45, 2.75) is 12.5 Å². The Morgan fingerprint density at radius 3 is 2.94 bits per heavy atom. The minimum atomic E-state index is -0.120. The summed E-state index contributed by atoms with van der Waals surface area (Å²) in [6.07, 6.45) is 0.703. The molecule has 1 unspecified atom stereocenters. The number of rotatable bonds is 2. The molecule has 1 aromatic heterocycles. The van der Waals surface area contributed by atoms with Gasteiger partial charge in [0, 0.05) is 23.3 Å². The second-order valence-electron chi connectivity index (χ2n) is 4.22. The van der Waals surface area contributed by atoms with E-state index in [2.05, 4.69) is 21.4 Å². The molecule has 0 spiro atoms. The van der Waals surface area contributed by atoms with Crippen LogP contribution in [0.15, 0.2) is 35.0 Å². The summed E-state index contributed by atoms with van der Waals surface area (Å²) in [5, 5.41) is 11.0. The number of benzene rings is 1. The van der Waals surface area contributed by atoms with E-state index in [1.54, 1.807) is 17.4 Å². The molecule has 1 aliphatic rings. The largest absolute Gasteiger partial charge is 0.381 e. The summed E-state index contributed by atoms with van der Waals surface area (Å²) in [4.78, 5) is 0. The van der Waals surface area contributed by atoms with Crippen molar-refractivity contribution in [3.63, 3.8) is 0 Å². The summed E-state index contributed by atoms with van der Waals surface area (Å²) in [5.74, 6) is -0.120. The second-order valence-corrected chi connectivity index (χ2v) is 4.96. The number of hydrogen-bond donors (Lipinski definition) is 2. The van der Waals surface area contributed by atoms with E-state index in [0.717, 1.165) is 23.5 Å². The Hall–Kier alpha value is -1.55. The third-order valence-corrected chi connectivity index (χ3v) is 3.73. The van der Waals surface area contributed by atoms with Crippen molar-refractivity contribution in [3.05, 3.63) is 46.4 Å². The molecule has 0 saturated carbocycles. The molecule has 0 radical (unpaired) electrons. The predicted molar refractivity (Wildman–Crippen MR) is 70.3 cm³/mol. The fourth-order valence-electron chi connectivity index (χ4n) is 2.10. The highest BCUT2D eigenvalue weighted by Gasteiger charge is 2.18. The number of hydrogen-bond acceptors (Lipinski definition) is 3. The molecule has 2 nitrogen and oxygen atoms in total. The lowest BCUT2D eigenvalue weighted by atomic mass is 10.0. The Morgan fingerprint density at radius 1 is 1.24 bits per heavy atom. The topological polar surface area (TPSA) is 24.1 Å². The highest BCUT2D eigenvalue weighted by atomic mass is 32.1. The van der Waals surface area contributed by atoms with Gasteiger partial charge in [-0.15, -0.1) is 11.3 Å². The van der Waals surface area contributed by atoms with Gasteiger partial charge in [0.05, 0.1) is 11.4 Å². The third kappa shape index (κ3) is 2.13. The number of fused-ring (bicyclic) bond motifs is 1. The standard InChI is InChI=1S/C13H13FN2S/c14-11-4-2-1-3-9(11)5-10-6-15-12-7-17-8-13(12)16-10/h1-4,7-8,10,15-16H,5-6H2. The molecule has 0 aliphatic carbocycles. The van der Waals surface area contributed by atoms with Gasteiger partial charge in [-0.3, -0.25) is 0 Å². The molecule has 4 heteroatoms. The van der Waals surface area contributed by atoms with E-state index in [1.807, 2.05) is 12.1 Å². The minimum absolute atomic E-state index is 0.120. The van der Waals surface area contributed by atoms with Crippen molar-refractivity contribution in [1.82, 2.24) is 0 Å². The summed E-state index contributed by atoms with van der Waals surface area (Å²) in [5.41, 5.74) is 3.05. The summed E-state index contributed by atoms with van der Waals surface area (Å²) in [6, 6.07) is 7.21. The zero-order valence-electron chi connectivity index (χ0n) is 9.24. The van der Waals surface area contributed by atoms with Crippen molar-refractivity contribution in [2.24, 2.45) is 0 Å². The summed E-state index contributed by atoms with van der Waals surface area (Å²) in [6.45, 7) is 0.831. The van der Waals surface area contributed by atoms with Crippen LogP contribution >= 0.6 is 11.3 Å². The first kappa shape index (κ1) is 10.6. The van der Waals surface area contributed by atoms with Crippen LogP contribution in [-0.2, 0) is 6.42 Å².